The van der Waals surface area contributed by atoms with Crippen LogP contribution in [0, 0.1) is 6.92 Å². The number of hydrogen-bond acceptors (Lipinski definition) is 3. The first-order chi connectivity index (χ1) is 10.5. The van der Waals surface area contributed by atoms with E-state index in [0.29, 0.717) is 16.9 Å². The third-order valence-corrected chi connectivity index (χ3v) is 3.83. The number of carbonyl (C=O) groups is 2. The summed E-state index contributed by atoms with van der Waals surface area (Å²) in [5, 5.41) is 5.30. The number of urea groups is 1. The number of nitrogens with two attached hydrogens (primary N) is 1. The number of benzene rings is 2. The Bertz CT molecular complexity index is 699. The maximum atomic E-state index is 12.4. The molecule has 0 spiro atoms. The molecular formula is C16H17N3O2S. The molecule has 2 aromatic carbocycles. The highest BCUT2D eigenvalue weighted by atomic mass is 32.2. The van der Waals surface area contributed by atoms with E-state index in [1.165, 1.54) is 0 Å². The fourth-order valence-corrected chi connectivity index (χ4v) is 2.39. The number of primary amides is 1. The first-order valence-electron chi connectivity index (χ1n) is 6.62. The van der Waals surface area contributed by atoms with E-state index in [0.717, 1.165) is 10.5 Å². The van der Waals surface area contributed by atoms with Crippen LogP contribution in [0.3, 0.4) is 0 Å². The maximum Gasteiger partial charge on any atom is 0.316 e. The lowest BCUT2D eigenvalue weighted by molar-refractivity contribution is 0.102. The number of rotatable bonds is 4. The van der Waals surface area contributed by atoms with Crippen LogP contribution in [0.4, 0.5) is 16.2 Å². The smallest absolute Gasteiger partial charge is 0.316 e. The summed E-state index contributed by atoms with van der Waals surface area (Å²) >= 11 is 1.59. The Balaban J connectivity index is 2.13. The van der Waals surface area contributed by atoms with Gasteiger partial charge in [-0.25, -0.2) is 4.79 Å². The fourth-order valence-electron chi connectivity index (χ4n) is 1.95. The van der Waals surface area contributed by atoms with Crippen LogP contribution in [0.1, 0.15) is 15.9 Å². The summed E-state index contributed by atoms with van der Waals surface area (Å²) in [5.74, 6) is -0.163. The van der Waals surface area contributed by atoms with Gasteiger partial charge in [0.2, 0.25) is 0 Å². The Morgan fingerprint density at radius 1 is 1.00 bits per heavy atom. The molecule has 2 aromatic rings. The lowest BCUT2D eigenvalue weighted by atomic mass is 10.1. The van der Waals surface area contributed by atoms with E-state index in [4.69, 9.17) is 5.73 Å². The van der Waals surface area contributed by atoms with E-state index in [-0.39, 0.29) is 5.91 Å². The second kappa shape index (κ2) is 7.00. The molecule has 5 nitrogen and oxygen atoms in total. The second-order valence-corrected chi connectivity index (χ2v) is 5.58. The van der Waals surface area contributed by atoms with Crippen molar-refractivity contribution in [2.75, 3.05) is 16.9 Å². The van der Waals surface area contributed by atoms with Crippen LogP contribution in [-0.4, -0.2) is 18.2 Å². The van der Waals surface area contributed by atoms with Crippen LogP contribution < -0.4 is 16.4 Å². The van der Waals surface area contributed by atoms with Gasteiger partial charge in [-0.15, -0.1) is 11.8 Å². The molecule has 0 aromatic heterocycles. The quantitative estimate of drug-likeness (QED) is 0.755. The summed E-state index contributed by atoms with van der Waals surface area (Å²) in [4.78, 5) is 24.1. The predicted octanol–water partition coefficient (Wildman–Crippen LogP) is 3.46. The average Bonchev–Trinajstić information content (AvgIpc) is 2.49. The molecule has 0 bridgehead atoms. The van der Waals surface area contributed by atoms with Gasteiger partial charge in [-0.05, 0) is 55.1 Å². The van der Waals surface area contributed by atoms with E-state index in [1.54, 1.807) is 36.0 Å². The Morgan fingerprint density at radius 3 is 2.14 bits per heavy atom. The molecule has 0 aliphatic heterocycles. The van der Waals surface area contributed by atoms with Crippen molar-refractivity contribution < 1.29 is 9.59 Å². The van der Waals surface area contributed by atoms with Crippen LogP contribution in [-0.2, 0) is 0 Å². The molecule has 0 heterocycles. The van der Waals surface area contributed by atoms with Crippen molar-refractivity contribution in [2.45, 2.75) is 11.8 Å². The van der Waals surface area contributed by atoms with E-state index < -0.39 is 6.03 Å². The summed E-state index contributed by atoms with van der Waals surface area (Å²) < 4.78 is 0. The molecule has 0 saturated heterocycles. The first-order valence-corrected chi connectivity index (χ1v) is 7.84. The zero-order valence-electron chi connectivity index (χ0n) is 12.3. The average molecular weight is 315 g/mol. The molecule has 22 heavy (non-hydrogen) atoms. The Hall–Kier alpha value is -2.47. The van der Waals surface area contributed by atoms with Gasteiger partial charge in [0, 0.05) is 21.8 Å². The van der Waals surface area contributed by atoms with Crippen molar-refractivity contribution in [3.05, 3.63) is 53.6 Å². The van der Waals surface area contributed by atoms with Crippen molar-refractivity contribution in [3.63, 3.8) is 0 Å². The third kappa shape index (κ3) is 4.02. The second-order valence-electron chi connectivity index (χ2n) is 4.70. The lowest BCUT2D eigenvalue weighted by Crippen LogP contribution is -2.19. The molecule has 4 N–H and O–H groups in total. The fraction of sp³-hybridized carbons (Fsp3) is 0.125. The first kappa shape index (κ1) is 15.9. The Kier molecular flexibility index (Phi) is 5.06. The van der Waals surface area contributed by atoms with Gasteiger partial charge in [0.05, 0.1) is 0 Å². The summed E-state index contributed by atoms with van der Waals surface area (Å²) in [5.41, 5.74) is 7.83. The normalized spacial score (nSPS) is 10.1. The molecule has 114 valence electrons. The number of hydrogen-bond donors (Lipinski definition) is 3. The number of nitrogens with one attached hydrogen (secondary N) is 2. The number of anilines is 2. The monoisotopic (exact) mass is 315 g/mol. The van der Waals surface area contributed by atoms with Crippen molar-refractivity contribution in [1.82, 2.24) is 0 Å². The minimum absolute atomic E-state index is 0.163. The summed E-state index contributed by atoms with van der Waals surface area (Å²) in [7, 11) is 0. The molecule has 0 radical (unpaired) electrons. The highest BCUT2D eigenvalue weighted by molar-refractivity contribution is 7.98. The van der Waals surface area contributed by atoms with Gasteiger partial charge in [-0.3, -0.25) is 4.79 Å². The minimum Gasteiger partial charge on any atom is -0.351 e. The SMILES string of the molecule is CSc1ccc(C)c(C(=O)Nc2ccc(NC(N)=O)cc2)c1. The van der Waals surface area contributed by atoms with Crippen LogP contribution in [0.5, 0.6) is 0 Å². The zero-order valence-corrected chi connectivity index (χ0v) is 13.2. The lowest BCUT2D eigenvalue weighted by Gasteiger charge is -2.10. The molecule has 0 fully saturated rings. The Morgan fingerprint density at radius 2 is 1.59 bits per heavy atom. The van der Waals surface area contributed by atoms with Gasteiger partial charge in [0.25, 0.3) is 5.91 Å². The molecule has 6 heteroatoms. The van der Waals surface area contributed by atoms with Gasteiger partial charge < -0.3 is 16.4 Å². The molecule has 3 amide bonds. The van der Waals surface area contributed by atoms with Gasteiger partial charge in [0.1, 0.15) is 0 Å². The van der Waals surface area contributed by atoms with E-state index in [1.807, 2.05) is 31.4 Å². The highest BCUT2D eigenvalue weighted by Crippen LogP contribution is 2.21. The Labute approximate surface area is 133 Å². The molecule has 2 rings (SSSR count). The van der Waals surface area contributed by atoms with Crippen molar-refractivity contribution >= 4 is 35.1 Å². The van der Waals surface area contributed by atoms with Gasteiger partial charge >= 0.3 is 6.03 Å². The van der Waals surface area contributed by atoms with Crippen LogP contribution in [0.2, 0.25) is 0 Å². The van der Waals surface area contributed by atoms with E-state index in [9.17, 15) is 9.59 Å². The number of thioether (sulfide) groups is 1. The van der Waals surface area contributed by atoms with Crippen LogP contribution >= 0.6 is 11.8 Å². The molecule has 0 atom stereocenters. The number of carbonyl (C=O) groups excluding carboxylic acids is 2. The molecule has 0 aliphatic rings. The molecular weight excluding hydrogens is 298 g/mol. The predicted molar refractivity (Wildman–Crippen MR) is 90.6 cm³/mol. The van der Waals surface area contributed by atoms with Crippen LogP contribution in [0.25, 0.3) is 0 Å². The zero-order chi connectivity index (χ0) is 16.1. The maximum absolute atomic E-state index is 12.4. The molecule has 0 unspecified atom stereocenters. The highest BCUT2D eigenvalue weighted by Gasteiger charge is 2.10. The van der Waals surface area contributed by atoms with Gasteiger partial charge in [-0.2, -0.15) is 0 Å². The van der Waals surface area contributed by atoms with Crippen molar-refractivity contribution in [1.29, 1.82) is 0 Å². The van der Waals surface area contributed by atoms with Gasteiger partial charge in [0.15, 0.2) is 0 Å². The van der Waals surface area contributed by atoms with Crippen LogP contribution in [0.15, 0.2) is 47.4 Å². The third-order valence-electron chi connectivity index (χ3n) is 3.10. The molecule has 0 saturated carbocycles. The largest absolute Gasteiger partial charge is 0.351 e. The summed E-state index contributed by atoms with van der Waals surface area (Å²) in [6.45, 7) is 1.90. The number of aryl methyl sites for hydroxylation is 1. The summed E-state index contributed by atoms with van der Waals surface area (Å²) in [6, 6.07) is 11.9. The summed E-state index contributed by atoms with van der Waals surface area (Å²) in [6.07, 6.45) is 1.97. The topological polar surface area (TPSA) is 84.2 Å². The number of amides is 3. The molecule has 0 aliphatic carbocycles. The van der Waals surface area contributed by atoms with Crippen molar-refractivity contribution in [3.8, 4) is 0 Å². The van der Waals surface area contributed by atoms with E-state index in [2.05, 4.69) is 10.6 Å². The van der Waals surface area contributed by atoms with Crippen molar-refractivity contribution in [2.24, 2.45) is 5.73 Å². The minimum atomic E-state index is -0.624. The van der Waals surface area contributed by atoms with E-state index >= 15 is 0 Å². The van der Waals surface area contributed by atoms with Gasteiger partial charge in [-0.1, -0.05) is 6.07 Å². The standard InChI is InChI=1S/C16H17N3O2S/c1-10-3-8-13(22-2)9-14(10)15(20)18-11-4-6-12(7-5-11)19-16(17)21/h3-9H,1-2H3,(H,18,20)(H3,17,19,21).